The summed E-state index contributed by atoms with van der Waals surface area (Å²) in [4.78, 5) is 0. The van der Waals surface area contributed by atoms with E-state index in [4.69, 9.17) is 9.47 Å². The molecule has 0 radical (unpaired) electrons. The quantitative estimate of drug-likeness (QED) is 0.302. The van der Waals surface area contributed by atoms with Crippen LogP contribution in [0.3, 0.4) is 0 Å². The van der Waals surface area contributed by atoms with Gasteiger partial charge >= 0.3 is 0 Å². The smallest absolute Gasteiger partial charge is 0.106 e. The van der Waals surface area contributed by atoms with E-state index >= 15 is 0 Å². The van der Waals surface area contributed by atoms with Crippen molar-refractivity contribution in [2.24, 2.45) is 0 Å². The molecule has 1 saturated heterocycles. The lowest BCUT2D eigenvalue weighted by Crippen LogP contribution is -2.31. The number of hydrogen-bond acceptors (Lipinski definition) is 2. The van der Waals surface area contributed by atoms with Gasteiger partial charge in [0.25, 0.3) is 0 Å². The summed E-state index contributed by atoms with van der Waals surface area (Å²) in [7, 11) is 0. The molecule has 2 atom stereocenters. The molecule has 2 aromatic rings. The highest BCUT2D eigenvalue weighted by Crippen LogP contribution is 2.28. The third-order valence-corrected chi connectivity index (χ3v) is 6.48. The maximum Gasteiger partial charge on any atom is 0.106 e. The number of aryl methyl sites for hydroxylation is 1. The first kappa shape index (κ1) is 24.0. The molecule has 0 amide bonds. The molecule has 0 aromatic heterocycles. The Bertz CT molecular complexity index is 711. The van der Waals surface area contributed by atoms with E-state index in [0.29, 0.717) is 6.61 Å². The second-order valence-electron chi connectivity index (χ2n) is 9.11. The molecule has 2 heteroatoms. The Morgan fingerprint density at radius 1 is 0.645 bits per heavy atom. The van der Waals surface area contributed by atoms with Crippen LogP contribution in [0.5, 0.6) is 0 Å². The molecule has 2 aromatic carbocycles. The van der Waals surface area contributed by atoms with Crippen molar-refractivity contribution in [2.45, 2.75) is 96.7 Å². The maximum atomic E-state index is 6.13. The summed E-state index contributed by atoms with van der Waals surface area (Å²) in [5.41, 5.74) is 5.23. The zero-order valence-corrected chi connectivity index (χ0v) is 19.8. The lowest BCUT2D eigenvalue weighted by molar-refractivity contribution is -0.137. The average Bonchev–Trinajstić information content (AvgIpc) is 2.83. The highest BCUT2D eigenvalue weighted by molar-refractivity contribution is 5.64. The number of benzene rings is 2. The number of hydrogen-bond donors (Lipinski definition) is 0. The summed E-state index contributed by atoms with van der Waals surface area (Å²) in [6.45, 7) is 5.91. The third-order valence-electron chi connectivity index (χ3n) is 6.48. The molecule has 0 spiro atoms. The fourth-order valence-corrected chi connectivity index (χ4v) is 4.39. The van der Waals surface area contributed by atoms with Gasteiger partial charge in [0, 0.05) is 0 Å². The van der Waals surface area contributed by atoms with Crippen molar-refractivity contribution in [2.75, 3.05) is 13.2 Å². The van der Waals surface area contributed by atoms with Crippen LogP contribution in [-0.4, -0.2) is 19.3 Å². The molecule has 0 N–H and O–H groups in total. The van der Waals surface area contributed by atoms with Crippen molar-refractivity contribution < 1.29 is 9.47 Å². The first-order chi connectivity index (χ1) is 15.3. The predicted molar refractivity (Wildman–Crippen MR) is 132 cm³/mol. The standard InChI is InChI=1S/C29H42O2/c1-3-5-7-9-10-12-24-14-16-25(17-15-24)26-18-20-27(21-19-26)29-23-30-28(22-31-29)13-11-8-6-4-2/h14-21,28-29H,3-13,22-23H2,1-2H3/t28-,29-/m1/s1. The first-order valence-corrected chi connectivity index (χ1v) is 12.7. The summed E-state index contributed by atoms with van der Waals surface area (Å²) in [5, 5.41) is 0. The van der Waals surface area contributed by atoms with Gasteiger partial charge in [0.1, 0.15) is 6.10 Å². The molecule has 0 saturated carbocycles. The molecule has 1 aliphatic rings. The zero-order valence-electron chi connectivity index (χ0n) is 19.8. The fourth-order valence-electron chi connectivity index (χ4n) is 4.39. The van der Waals surface area contributed by atoms with E-state index in [-0.39, 0.29) is 12.2 Å². The van der Waals surface area contributed by atoms with E-state index in [1.165, 1.54) is 86.5 Å². The van der Waals surface area contributed by atoms with Gasteiger partial charge in [-0.3, -0.25) is 0 Å². The van der Waals surface area contributed by atoms with E-state index in [1.54, 1.807) is 0 Å². The number of unbranched alkanes of at least 4 members (excludes halogenated alkanes) is 7. The maximum absolute atomic E-state index is 6.13. The number of ether oxygens (including phenoxy) is 2. The second-order valence-corrected chi connectivity index (χ2v) is 9.11. The Morgan fingerprint density at radius 3 is 1.87 bits per heavy atom. The van der Waals surface area contributed by atoms with E-state index in [0.717, 1.165) is 13.0 Å². The minimum Gasteiger partial charge on any atom is -0.373 e. The molecule has 31 heavy (non-hydrogen) atoms. The van der Waals surface area contributed by atoms with Gasteiger partial charge in [0.05, 0.1) is 19.3 Å². The Morgan fingerprint density at radius 2 is 1.26 bits per heavy atom. The normalized spacial score (nSPS) is 18.9. The fraction of sp³-hybridized carbons (Fsp3) is 0.586. The van der Waals surface area contributed by atoms with Crippen LogP contribution >= 0.6 is 0 Å². The van der Waals surface area contributed by atoms with Gasteiger partial charge in [0.2, 0.25) is 0 Å². The van der Waals surface area contributed by atoms with Crippen LogP contribution in [0.1, 0.15) is 95.3 Å². The average molecular weight is 423 g/mol. The van der Waals surface area contributed by atoms with E-state index in [2.05, 4.69) is 62.4 Å². The van der Waals surface area contributed by atoms with Gasteiger partial charge in [-0.15, -0.1) is 0 Å². The van der Waals surface area contributed by atoms with Gasteiger partial charge in [-0.05, 0) is 41.5 Å². The van der Waals surface area contributed by atoms with Gasteiger partial charge in [-0.2, -0.15) is 0 Å². The summed E-state index contributed by atoms with van der Waals surface area (Å²) < 4.78 is 12.2. The minimum atomic E-state index is 0.0658. The monoisotopic (exact) mass is 422 g/mol. The molecule has 1 fully saturated rings. The lowest BCUT2D eigenvalue weighted by atomic mass is 9.99. The summed E-state index contributed by atoms with van der Waals surface area (Å²) in [5.74, 6) is 0. The van der Waals surface area contributed by atoms with Crippen LogP contribution in [0.2, 0.25) is 0 Å². The van der Waals surface area contributed by atoms with Crippen molar-refractivity contribution in [3.63, 3.8) is 0 Å². The Balaban J connectivity index is 1.44. The Hall–Kier alpha value is -1.64. The van der Waals surface area contributed by atoms with Crippen LogP contribution in [0.25, 0.3) is 11.1 Å². The molecule has 0 aliphatic carbocycles. The topological polar surface area (TPSA) is 18.5 Å². The first-order valence-electron chi connectivity index (χ1n) is 12.7. The lowest BCUT2D eigenvalue weighted by Gasteiger charge is -2.30. The van der Waals surface area contributed by atoms with Crippen LogP contribution in [0.15, 0.2) is 48.5 Å². The SMILES string of the molecule is CCCCCCCc1ccc(-c2ccc([C@H]3CO[C@H](CCCCCC)CO3)cc2)cc1. The Kier molecular flexibility index (Phi) is 10.6. The highest BCUT2D eigenvalue weighted by atomic mass is 16.6. The number of rotatable bonds is 13. The van der Waals surface area contributed by atoms with E-state index < -0.39 is 0 Å². The molecule has 0 bridgehead atoms. The Labute approximate surface area is 190 Å². The molecular formula is C29H42O2. The van der Waals surface area contributed by atoms with Crippen molar-refractivity contribution in [1.29, 1.82) is 0 Å². The largest absolute Gasteiger partial charge is 0.373 e. The van der Waals surface area contributed by atoms with Crippen LogP contribution in [0, 0.1) is 0 Å². The van der Waals surface area contributed by atoms with Gasteiger partial charge < -0.3 is 9.47 Å². The third kappa shape index (κ3) is 8.09. The van der Waals surface area contributed by atoms with Crippen molar-refractivity contribution in [1.82, 2.24) is 0 Å². The van der Waals surface area contributed by atoms with E-state index in [9.17, 15) is 0 Å². The van der Waals surface area contributed by atoms with E-state index in [1.807, 2.05) is 0 Å². The van der Waals surface area contributed by atoms with Gasteiger partial charge in [0.15, 0.2) is 0 Å². The molecular weight excluding hydrogens is 380 g/mol. The molecule has 2 nitrogen and oxygen atoms in total. The van der Waals surface area contributed by atoms with Crippen molar-refractivity contribution >= 4 is 0 Å². The van der Waals surface area contributed by atoms with Crippen molar-refractivity contribution in [3.05, 3.63) is 59.7 Å². The molecule has 0 unspecified atom stereocenters. The molecule has 1 heterocycles. The summed E-state index contributed by atoms with van der Waals surface area (Å²) in [6.07, 6.45) is 14.5. The highest BCUT2D eigenvalue weighted by Gasteiger charge is 2.23. The van der Waals surface area contributed by atoms with Gasteiger partial charge in [-0.1, -0.05) is 114 Å². The van der Waals surface area contributed by atoms with Crippen molar-refractivity contribution in [3.8, 4) is 11.1 Å². The predicted octanol–water partition coefficient (Wildman–Crippen LogP) is 8.29. The minimum absolute atomic E-state index is 0.0658. The molecule has 1 aliphatic heterocycles. The van der Waals surface area contributed by atoms with Gasteiger partial charge in [-0.25, -0.2) is 0 Å². The van der Waals surface area contributed by atoms with Crippen LogP contribution < -0.4 is 0 Å². The van der Waals surface area contributed by atoms with Crippen LogP contribution in [-0.2, 0) is 15.9 Å². The zero-order chi connectivity index (χ0) is 21.7. The molecule has 3 rings (SSSR count). The van der Waals surface area contributed by atoms with Crippen LogP contribution in [0.4, 0.5) is 0 Å². The second kappa shape index (κ2) is 13.7. The summed E-state index contributed by atoms with van der Waals surface area (Å²) >= 11 is 0. The summed E-state index contributed by atoms with van der Waals surface area (Å²) in [6, 6.07) is 18.0. The molecule has 170 valence electrons.